The smallest absolute Gasteiger partial charge is 0.303 e. The maximum Gasteiger partial charge on any atom is 0.303 e. The molecule has 6 heteroatoms. The zero-order valence-electron chi connectivity index (χ0n) is 35.6. The summed E-state index contributed by atoms with van der Waals surface area (Å²) >= 11 is 0. The van der Waals surface area contributed by atoms with E-state index in [1.54, 1.807) is 0 Å². The highest BCUT2D eigenvalue weighted by molar-refractivity contribution is 5.66. The molecule has 0 heterocycles. The minimum atomic E-state index is -0.740. The quantitative estimate of drug-likeness (QED) is 0.0462. The first-order valence-electron chi connectivity index (χ1n) is 23.3. The van der Waals surface area contributed by atoms with Crippen LogP contribution < -0.4 is 11.5 Å². The summed E-state index contributed by atoms with van der Waals surface area (Å²) in [5.41, 5.74) is 11.0. The largest absolute Gasteiger partial charge is 0.481 e. The van der Waals surface area contributed by atoms with Gasteiger partial charge in [-0.15, -0.1) is 0 Å². The molecule has 0 aliphatic heterocycles. The van der Waals surface area contributed by atoms with Crippen LogP contribution in [0.1, 0.15) is 271 Å². The maximum absolute atomic E-state index is 10.1. The molecule has 0 aromatic rings. The van der Waals surface area contributed by atoms with Gasteiger partial charge in [-0.3, -0.25) is 9.59 Å². The molecule has 0 fully saturated rings. The number of unbranched alkanes of at least 4 members (excludes halogenated alkanes) is 35. The van der Waals surface area contributed by atoms with E-state index in [9.17, 15) is 9.59 Å². The highest BCUT2D eigenvalue weighted by Crippen LogP contribution is 2.15. The Morgan fingerprint density at radius 1 is 0.288 bits per heavy atom. The first-order chi connectivity index (χ1) is 25.5. The van der Waals surface area contributed by atoms with Crippen molar-refractivity contribution in [3.8, 4) is 0 Å². The van der Waals surface area contributed by atoms with Crippen LogP contribution in [0.25, 0.3) is 0 Å². The SMILES string of the molecule is CCCCCCCCCCCCCCCCCCN.CCCCCCCCCCCCCCCCCCN.O=C(O)CCCCCCCCC(=O)O. The van der Waals surface area contributed by atoms with E-state index in [1.807, 2.05) is 0 Å². The van der Waals surface area contributed by atoms with Crippen molar-refractivity contribution in [1.82, 2.24) is 0 Å². The van der Waals surface area contributed by atoms with Crippen molar-refractivity contribution in [3.05, 3.63) is 0 Å². The number of carboxylic acids is 2. The molecule has 0 spiro atoms. The predicted molar refractivity (Wildman–Crippen MR) is 229 cm³/mol. The van der Waals surface area contributed by atoms with Gasteiger partial charge in [-0.25, -0.2) is 0 Å². The summed E-state index contributed by atoms with van der Waals surface area (Å²) in [5.74, 6) is -1.48. The van der Waals surface area contributed by atoms with Crippen LogP contribution in [0, 0.1) is 0 Å². The van der Waals surface area contributed by atoms with Gasteiger partial charge >= 0.3 is 11.9 Å². The van der Waals surface area contributed by atoms with Gasteiger partial charge in [0.25, 0.3) is 0 Å². The van der Waals surface area contributed by atoms with E-state index in [0.29, 0.717) is 0 Å². The van der Waals surface area contributed by atoms with Gasteiger partial charge in [0.1, 0.15) is 0 Å². The summed E-state index contributed by atoms with van der Waals surface area (Å²) in [4.78, 5) is 20.3. The average molecular weight is 741 g/mol. The molecule has 0 aliphatic carbocycles. The van der Waals surface area contributed by atoms with Crippen LogP contribution in [-0.2, 0) is 9.59 Å². The number of nitrogens with two attached hydrogens (primary N) is 2. The Balaban J connectivity index is -0.000000702. The molecular weight excluding hydrogens is 645 g/mol. The Kier molecular flexibility index (Phi) is 57.5. The second-order valence-corrected chi connectivity index (χ2v) is 15.6. The van der Waals surface area contributed by atoms with Crippen molar-refractivity contribution in [1.29, 1.82) is 0 Å². The summed E-state index contributed by atoms with van der Waals surface area (Å²) in [6, 6.07) is 0. The van der Waals surface area contributed by atoms with Crippen LogP contribution in [0.15, 0.2) is 0 Å². The Bertz CT molecular complexity index is 560. The van der Waals surface area contributed by atoms with E-state index in [4.69, 9.17) is 21.7 Å². The molecular formula is C46H96N2O4. The molecule has 0 saturated heterocycles. The number of carbonyl (C=O) groups is 2. The number of aliphatic carboxylic acids is 2. The first kappa shape index (κ1) is 55.2. The van der Waals surface area contributed by atoms with Gasteiger partial charge in [0.05, 0.1) is 0 Å². The minimum Gasteiger partial charge on any atom is -0.481 e. The highest BCUT2D eigenvalue weighted by atomic mass is 16.4. The lowest BCUT2D eigenvalue weighted by Gasteiger charge is -2.03. The van der Waals surface area contributed by atoms with E-state index < -0.39 is 11.9 Å². The molecule has 52 heavy (non-hydrogen) atoms. The molecule has 6 nitrogen and oxygen atoms in total. The molecule has 314 valence electrons. The maximum atomic E-state index is 10.1. The van der Waals surface area contributed by atoms with Gasteiger partial charge in [-0.05, 0) is 38.8 Å². The summed E-state index contributed by atoms with van der Waals surface area (Å²) in [6.07, 6.45) is 51.5. The first-order valence-corrected chi connectivity index (χ1v) is 23.3. The molecule has 0 aromatic heterocycles. The normalized spacial score (nSPS) is 10.8. The lowest BCUT2D eigenvalue weighted by atomic mass is 10.0. The van der Waals surface area contributed by atoms with Gasteiger partial charge < -0.3 is 21.7 Å². The van der Waals surface area contributed by atoms with Crippen molar-refractivity contribution in [2.24, 2.45) is 11.5 Å². The van der Waals surface area contributed by atoms with Crippen LogP contribution in [0.3, 0.4) is 0 Å². The van der Waals surface area contributed by atoms with Gasteiger partial charge in [0.2, 0.25) is 0 Å². The zero-order valence-corrected chi connectivity index (χ0v) is 35.6. The summed E-state index contributed by atoms with van der Waals surface area (Å²) in [6.45, 7) is 6.33. The van der Waals surface area contributed by atoms with E-state index in [0.717, 1.165) is 51.6 Å². The second-order valence-electron chi connectivity index (χ2n) is 15.6. The van der Waals surface area contributed by atoms with Crippen LogP contribution in [0.4, 0.5) is 0 Å². The molecule has 0 saturated carbocycles. The monoisotopic (exact) mass is 741 g/mol. The lowest BCUT2D eigenvalue weighted by molar-refractivity contribution is -0.138. The Morgan fingerprint density at radius 3 is 0.596 bits per heavy atom. The Morgan fingerprint density at radius 2 is 0.442 bits per heavy atom. The van der Waals surface area contributed by atoms with Crippen LogP contribution >= 0.6 is 0 Å². The van der Waals surface area contributed by atoms with Gasteiger partial charge in [0, 0.05) is 12.8 Å². The summed E-state index contributed by atoms with van der Waals surface area (Å²) in [5, 5.41) is 16.7. The van der Waals surface area contributed by atoms with E-state index >= 15 is 0 Å². The molecule has 0 bridgehead atoms. The fraction of sp³-hybridized carbons (Fsp3) is 0.957. The van der Waals surface area contributed by atoms with Crippen LogP contribution in [-0.4, -0.2) is 35.2 Å². The Labute approximate surface area is 326 Å². The third-order valence-corrected chi connectivity index (χ3v) is 10.1. The Hall–Kier alpha value is -1.14. The minimum absolute atomic E-state index is 0.245. The molecule has 0 aromatic carbocycles. The van der Waals surface area contributed by atoms with E-state index in [-0.39, 0.29) is 12.8 Å². The van der Waals surface area contributed by atoms with E-state index in [2.05, 4.69) is 13.8 Å². The fourth-order valence-electron chi connectivity index (χ4n) is 6.64. The van der Waals surface area contributed by atoms with Crippen molar-refractivity contribution < 1.29 is 19.8 Å². The lowest BCUT2D eigenvalue weighted by Crippen LogP contribution is -1.97. The highest BCUT2D eigenvalue weighted by Gasteiger charge is 1.99. The van der Waals surface area contributed by atoms with Crippen molar-refractivity contribution >= 4 is 11.9 Å². The van der Waals surface area contributed by atoms with Gasteiger partial charge in [-0.1, -0.05) is 232 Å². The van der Waals surface area contributed by atoms with Gasteiger partial charge in [0.15, 0.2) is 0 Å². The number of carboxylic acid groups (broad SMARTS) is 2. The summed E-state index contributed by atoms with van der Waals surface area (Å²) < 4.78 is 0. The number of rotatable bonds is 41. The molecule has 0 rings (SSSR count). The molecule has 6 N–H and O–H groups in total. The van der Waals surface area contributed by atoms with Crippen LogP contribution in [0.5, 0.6) is 0 Å². The zero-order chi connectivity index (χ0) is 38.9. The second kappa shape index (κ2) is 54.2. The third kappa shape index (κ3) is 63.9. The van der Waals surface area contributed by atoms with Crippen LogP contribution in [0.2, 0.25) is 0 Å². The van der Waals surface area contributed by atoms with Gasteiger partial charge in [-0.2, -0.15) is 0 Å². The van der Waals surface area contributed by atoms with Crippen molar-refractivity contribution in [2.75, 3.05) is 13.1 Å². The van der Waals surface area contributed by atoms with Crippen molar-refractivity contribution in [2.45, 2.75) is 271 Å². The molecule has 0 amide bonds. The number of hydrogen-bond donors (Lipinski definition) is 4. The van der Waals surface area contributed by atoms with Crippen molar-refractivity contribution in [3.63, 3.8) is 0 Å². The predicted octanol–water partition coefficient (Wildman–Crippen LogP) is 14.7. The summed E-state index contributed by atoms with van der Waals surface area (Å²) in [7, 11) is 0. The average Bonchev–Trinajstić information content (AvgIpc) is 3.13. The van der Waals surface area contributed by atoms with E-state index in [1.165, 1.54) is 205 Å². The molecule has 0 atom stereocenters. The fourth-order valence-corrected chi connectivity index (χ4v) is 6.64. The topological polar surface area (TPSA) is 127 Å². The molecule has 0 radical (unpaired) electrons. The number of hydrogen-bond acceptors (Lipinski definition) is 4. The molecule has 0 unspecified atom stereocenters. The molecule has 0 aliphatic rings. The standard InChI is InChI=1S/2C18H39N.C10H18O4/c2*1-2-3-4-5-6-7-8-9-10-11-12-13-14-15-16-17-18-19;11-9(12)7-5-3-1-2-4-6-8-10(13)14/h2*2-19H2,1H3;1-8H2,(H,11,12)(H,13,14). The third-order valence-electron chi connectivity index (χ3n) is 10.1.